The van der Waals surface area contributed by atoms with E-state index in [4.69, 9.17) is 0 Å². The van der Waals surface area contributed by atoms with E-state index in [2.05, 4.69) is 11.6 Å². The molecule has 5 nitrogen and oxygen atoms in total. The summed E-state index contributed by atoms with van der Waals surface area (Å²) in [6, 6.07) is 4.97. The number of benzene rings is 1. The first-order valence-corrected chi connectivity index (χ1v) is 9.30. The Hall–Kier alpha value is -1.05. The second-order valence-corrected chi connectivity index (χ2v) is 8.33. The molecule has 0 bridgehead atoms. The van der Waals surface area contributed by atoms with Gasteiger partial charge in [-0.05, 0) is 24.6 Å². The van der Waals surface area contributed by atoms with Crippen molar-refractivity contribution >= 4 is 33.4 Å². The van der Waals surface area contributed by atoms with Crippen molar-refractivity contribution in [2.75, 3.05) is 18.0 Å². The molecule has 0 aliphatic carbocycles. The molecule has 1 atom stereocenters. The van der Waals surface area contributed by atoms with Crippen LogP contribution in [0.4, 0.5) is 5.69 Å². The van der Waals surface area contributed by atoms with Crippen LogP contribution in [-0.2, 0) is 14.8 Å². The van der Waals surface area contributed by atoms with Gasteiger partial charge in [-0.1, -0.05) is 13.8 Å². The van der Waals surface area contributed by atoms with Gasteiger partial charge in [0.15, 0.2) is 0 Å². The molecule has 1 aliphatic rings. The molecule has 116 valence electrons. The lowest BCUT2D eigenvalue weighted by atomic mass is 10.2. The molecular formula is C14H20N2O3S2. The molecule has 0 saturated carbocycles. The maximum atomic E-state index is 12.2. The summed E-state index contributed by atoms with van der Waals surface area (Å²) < 4.78 is 26.9. The highest BCUT2D eigenvalue weighted by Gasteiger charge is 2.27. The van der Waals surface area contributed by atoms with Crippen LogP contribution in [-0.4, -0.2) is 32.7 Å². The summed E-state index contributed by atoms with van der Waals surface area (Å²) in [5, 5.41) is 0.294. The summed E-state index contributed by atoms with van der Waals surface area (Å²) in [7, 11) is -3.52. The van der Waals surface area contributed by atoms with Crippen LogP contribution in [0.2, 0.25) is 0 Å². The van der Waals surface area contributed by atoms with Crippen LogP contribution in [0.1, 0.15) is 27.2 Å². The molecule has 0 saturated heterocycles. The van der Waals surface area contributed by atoms with E-state index in [0.717, 1.165) is 11.3 Å². The molecule has 1 N–H and O–H groups in total. The van der Waals surface area contributed by atoms with Gasteiger partial charge in [0.2, 0.25) is 15.9 Å². The van der Waals surface area contributed by atoms with E-state index < -0.39 is 10.0 Å². The van der Waals surface area contributed by atoms with Crippen LogP contribution in [0.5, 0.6) is 0 Å². The summed E-state index contributed by atoms with van der Waals surface area (Å²) in [6.45, 7) is 6.46. The van der Waals surface area contributed by atoms with Crippen molar-refractivity contribution in [3.8, 4) is 0 Å². The van der Waals surface area contributed by atoms with E-state index in [9.17, 15) is 13.2 Å². The third-order valence-electron chi connectivity index (χ3n) is 3.22. The lowest BCUT2D eigenvalue weighted by Gasteiger charge is -2.32. The Bertz CT molecular complexity index is 644. The van der Waals surface area contributed by atoms with Crippen LogP contribution in [0.15, 0.2) is 28.0 Å². The Kier molecular flexibility index (Phi) is 4.95. The van der Waals surface area contributed by atoms with Crippen LogP contribution < -0.4 is 9.62 Å². The number of rotatable bonds is 4. The Morgan fingerprint density at radius 2 is 2.19 bits per heavy atom. The third-order valence-corrected chi connectivity index (χ3v) is 5.83. The van der Waals surface area contributed by atoms with E-state index in [0.29, 0.717) is 24.0 Å². The van der Waals surface area contributed by atoms with Gasteiger partial charge >= 0.3 is 0 Å². The summed E-state index contributed by atoms with van der Waals surface area (Å²) in [5.74, 6) is -0.0699. The number of sulfonamides is 1. The third kappa shape index (κ3) is 3.59. The summed E-state index contributed by atoms with van der Waals surface area (Å²) in [5.41, 5.74) is 0.685. The molecule has 1 aromatic rings. The first kappa shape index (κ1) is 16.3. The quantitative estimate of drug-likeness (QED) is 0.920. The molecule has 1 unspecified atom stereocenters. The molecule has 1 aromatic carbocycles. The van der Waals surface area contributed by atoms with Gasteiger partial charge in [-0.3, -0.25) is 4.79 Å². The van der Waals surface area contributed by atoms with Crippen molar-refractivity contribution < 1.29 is 13.2 Å². The van der Waals surface area contributed by atoms with Gasteiger partial charge in [-0.15, -0.1) is 11.8 Å². The number of carbonyl (C=O) groups is 1. The van der Waals surface area contributed by atoms with Gasteiger partial charge in [-0.25, -0.2) is 13.1 Å². The van der Waals surface area contributed by atoms with Gasteiger partial charge in [0.05, 0.1) is 10.6 Å². The summed E-state index contributed by atoms with van der Waals surface area (Å²) in [4.78, 5) is 14.6. The fraction of sp³-hybridized carbons (Fsp3) is 0.500. The van der Waals surface area contributed by atoms with Crippen molar-refractivity contribution in [3.05, 3.63) is 18.2 Å². The Labute approximate surface area is 130 Å². The molecular weight excluding hydrogens is 308 g/mol. The SMILES string of the molecule is CCCNS(=O)(=O)c1ccc2c(c1)N(C(C)=O)CC(C)S2. The van der Waals surface area contributed by atoms with Crippen molar-refractivity contribution in [2.24, 2.45) is 0 Å². The number of nitrogens with one attached hydrogen (secondary N) is 1. The molecule has 0 radical (unpaired) electrons. The molecule has 1 aliphatic heterocycles. The molecule has 1 amide bonds. The van der Waals surface area contributed by atoms with Crippen molar-refractivity contribution in [1.29, 1.82) is 0 Å². The van der Waals surface area contributed by atoms with Crippen molar-refractivity contribution in [1.82, 2.24) is 4.72 Å². The predicted molar refractivity (Wildman–Crippen MR) is 85.3 cm³/mol. The average Bonchev–Trinajstić information content (AvgIpc) is 2.43. The molecule has 7 heteroatoms. The number of nitrogens with zero attached hydrogens (tertiary/aromatic N) is 1. The van der Waals surface area contributed by atoms with E-state index in [-0.39, 0.29) is 10.8 Å². The molecule has 0 aromatic heterocycles. The van der Waals surface area contributed by atoms with Crippen LogP contribution in [0, 0.1) is 0 Å². The number of fused-ring (bicyclic) bond motifs is 1. The Morgan fingerprint density at radius 1 is 1.48 bits per heavy atom. The highest BCUT2D eigenvalue weighted by atomic mass is 32.2. The predicted octanol–water partition coefficient (Wildman–Crippen LogP) is 2.22. The maximum Gasteiger partial charge on any atom is 0.240 e. The van der Waals surface area contributed by atoms with Crippen LogP contribution >= 0.6 is 11.8 Å². The zero-order valence-electron chi connectivity index (χ0n) is 12.4. The lowest BCUT2D eigenvalue weighted by Crippen LogP contribution is -2.37. The van der Waals surface area contributed by atoms with Crippen molar-refractivity contribution in [2.45, 2.75) is 42.2 Å². The maximum absolute atomic E-state index is 12.2. The molecule has 1 heterocycles. The topological polar surface area (TPSA) is 66.5 Å². The fourth-order valence-corrected chi connectivity index (χ4v) is 4.45. The van der Waals surface area contributed by atoms with Gasteiger partial charge in [0.1, 0.15) is 0 Å². The monoisotopic (exact) mass is 328 g/mol. The minimum Gasteiger partial charge on any atom is -0.310 e. The molecule has 0 spiro atoms. The van der Waals surface area contributed by atoms with Crippen molar-refractivity contribution in [3.63, 3.8) is 0 Å². The molecule has 2 rings (SSSR count). The van der Waals surface area contributed by atoms with Gasteiger partial charge in [0, 0.05) is 30.2 Å². The minimum absolute atomic E-state index is 0.0699. The van der Waals surface area contributed by atoms with Gasteiger partial charge in [-0.2, -0.15) is 0 Å². The average molecular weight is 328 g/mol. The standard InChI is InChI=1S/C14H20N2O3S2/c1-4-7-15-21(18,19)12-5-6-14-13(8-12)16(11(3)17)9-10(2)20-14/h5-6,8,10,15H,4,7,9H2,1-3H3. The normalized spacial score (nSPS) is 18.4. The van der Waals surface area contributed by atoms with Crippen LogP contribution in [0.3, 0.4) is 0 Å². The number of hydrogen-bond donors (Lipinski definition) is 1. The van der Waals surface area contributed by atoms with E-state index >= 15 is 0 Å². The minimum atomic E-state index is -3.52. The second kappa shape index (κ2) is 6.37. The number of thioether (sulfide) groups is 1. The van der Waals surface area contributed by atoms with Gasteiger partial charge in [0.25, 0.3) is 0 Å². The van der Waals surface area contributed by atoms with Crippen LogP contribution in [0.25, 0.3) is 0 Å². The molecule has 0 fully saturated rings. The first-order valence-electron chi connectivity index (χ1n) is 6.93. The number of hydrogen-bond acceptors (Lipinski definition) is 4. The smallest absolute Gasteiger partial charge is 0.240 e. The molecule has 21 heavy (non-hydrogen) atoms. The number of amides is 1. The highest BCUT2D eigenvalue weighted by molar-refractivity contribution is 8.00. The zero-order chi connectivity index (χ0) is 15.6. The summed E-state index contributed by atoms with van der Waals surface area (Å²) >= 11 is 1.66. The van der Waals surface area contributed by atoms with Gasteiger partial charge < -0.3 is 4.90 Å². The number of anilines is 1. The zero-order valence-corrected chi connectivity index (χ0v) is 14.1. The highest BCUT2D eigenvalue weighted by Crippen LogP contribution is 2.39. The summed E-state index contributed by atoms with van der Waals surface area (Å²) in [6.07, 6.45) is 0.733. The first-order chi connectivity index (χ1) is 9.85. The second-order valence-electron chi connectivity index (χ2n) is 5.09. The Morgan fingerprint density at radius 3 is 2.81 bits per heavy atom. The largest absolute Gasteiger partial charge is 0.310 e. The lowest BCUT2D eigenvalue weighted by molar-refractivity contribution is -0.116. The van der Waals surface area contributed by atoms with E-state index in [1.54, 1.807) is 34.9 Å². The van der Waals surface area contributed by atoms with E-state index in [1.807, 2.05) is 6.92 Å². The number of carbonyl (C=O) groups excluding carboxylic acids is 1. The van der Waals surface area contributed by atoms with E-state index in [1.165, 1.54) is 6.92 Å². The fourth-order valence-electron chi connectivity index (χ4n) is 2.20. The Balaban J connectivity index is 2.42.